The number of carbonyl (C=O) groups excluding carboxylic acids is 4. The van der Waals surface area contributed by atoms with Crippen molar-refractivity contribution < 1.29 is 183 Å². The van der Waals surface area contributed by atoms with Crippen LogP contribution in [0.15, 0.2) is 0 Å². The van der Waals surface area contributed by atoms with Gasteiger partial charge in [0.05, 0.1) is 30.2 Å². The molecule has 1 radical (unpaired) electrons. The van der Waals surface area contributed by atoms with Gasteiger partial charge in [0, 0.05) is 52.4 Å². The topological polar surface area (TPSA) is 231 Å². The molecule has 1 unspecified atom stereocenters. The molecule has 0 heterocycles. The number of hydrogen-bond donors (Lipinski definition) is 1. The Morgan fingerprint density at radius 3 is 1.03 bits per heavy atom. The fourth-order valence-corrected chi connectivity index (χ4v) is 3.02. The van der Waals surface area contributed by atoms with E-state index in [9.17, 15) is 49.1 Å². The molecule has 0 spiro atoms. The van der Waals surface area contributed by atoms with Crippen LogP contribution < -0.4 is 114 Å². The Bertz CT molecular complexity index is 557. The Kier molecular flexibility index (Phi) is 32.7. The predicted octanol–water partition coefficient (Wildman–Crippen LogP) is -17.6. The third kappa shape index (κ3) is 28.5. The smallest absolute Gasteiger partial charge is 0.778 e. The van der Waals surface area contributed by atoms with Crippen LogP contribution in [0.4, 0.5) is 0 Å². The van der Waals surface area contributed by atoms with Crippen LogP contribution in [0.2, 0.25) is 0 Å². The maximum Gasteiger partial charge on any atom is 3.00 e. The Labute approximate surface area is 283 Å². The second-order valence-electron chi connectivity index (χ2n) is 5.81. The van der Waals surface area contributed by atoms with Gasteiger partial charge < -0.3 is 54.0 Å². The minimum Gasteiger partial charge on any atom is -0.778 e. The van der Waals surface area contributed by atoms with Gasteiger partial charge in [-0.3, -0.25) is 14.7 Å². The van der Waals surface area contributed by atoms with Crippen molar-refractivity contribution >= 4 is 31.5 Å². The summed E-state index contributed by atoms with van der Waals surface area (Å²) in [5.74, 6) is -6.34. The Morgan fingerprint density at radius 2 is 0.844 bits per heavy atom. The summed E-state index contributed by atoms with van der Waals surface area (Å²) in [6.45, 7) is -4.18. The monoisotopic (exact) mass is 651 g/mol. The van der Waals surface area contributed by atoms with Gasteiger partial charge in [0.25, 0.3) is 0 Å². The Hall–Kier alpha value is 2.23. The molecule has 0 amide bonds. The van der Waals surface area contributed by atoms with E-state index < -0.39 is 63.9 Å². The molecule has 0 saturated heterocycles. The zero-order valence-electron chi connectivity index (χ0n) is 18.0. The average Bonchev–Trinajstić information content (AvgIpc) is 2.45. The number of aliphatic carboxylic acids is 4. The molecular weight excluding hydrogens is 631 g/mol. The summed E-state index contributed by atoms with van der Waals surface area (Å²) in [5.41, 5.74) is 0. The van der Waals surface area contributed by atoms with E-state index in [4.69, 9.17) is 4.89 Å². The van der Waals surface area contributed by atoms with Gasteiger partial charge in [-0.1, -0.05) is 0 Å². The number of rotatable bonds is 16. The first-order chi connectivity index (χ1) is 12.8. The summed E-state index contributed by atoms with van der Waals surface area (Å²) in [5, 5.41) is 42.6. The Balaban J connectivity index is -0.000000607. The quantitative estimate of drug-likeness (QED) is 0.121. The molecule has 167 valence electrons. The van der Waals surface area contributed by atoms with Crippen LogP contribution in [0, 0.1) is 39.9 Å². The third-order valence-electron chi connectivity index (χ3n) is 3.25. The summed E-state index contributed by atoms with van der Waals surface area (Å²) in [6.07, 6.45) is -0.915. The van der Waals surface area contributed by atoms with Crippen LogP contribution in [-0.4, -0.2) is 102 Å². The van der Waals surface area contributed by atoms with Crippen molar-refractivity contribution in [1.82, 2.24) is 14.7 Å². The van der Waals surface area contributed by atoms with Crippen molar-refractivity contribution in [3.05, 3.63) is 0 Å². The van der Waals surface area contributed by atoms with Crippen molar-refractivity contribution in [3.8, 4) is 0 Å². The first-order valence-corrected chi connectivity index (χ1v) is 9.54. The van der Waals surface area contributed by atoms with E-state index in [2.05, 4.69) is 0 Å². The molecule has 0 rings (SSSR count). The summed E-state index contributed by atoms with van der Waals surface area (Å²) in [4.78, 5) is 65.5. The van der Waals surface area contributed by atoms with E-state index in [0.29, 0.717) is 0 Å². The minimum atomic E-state index is -4.83. The van der Waals surface area contributed by atoms with Gasteiger partial charge in [-0.15, -0.1) is 0 Å². The van der Waals surface area contributed by atoms with Crippen molar-refractivity contribution in [3.63, 3.8) is 0 Å². The normalized spacial score (nSPS) is 11.9. The molecule has 0 aromatic rings. The zero-order chi connectivity index (χ0) is 21.9. The molecule has 0 fully saturated rings. The maximum atomic E-state index is 11.1. The van der Waals surface area contributed by atoms with Gasteiger partial charge in [-0.25, -0.2) is 0 Å². The average molecular weight is 650 g/mol. The van der Waals surface area contributed by atoms with Crippen molar-refractivity contribution in [2.24, 2.45) is 0 Å². The number of carbonyl (C=O) groups is 4. The van der Waals surface area contributed by atoms with Crippen molar-refractivity contribution in [2.45, 2.75) is 0 Å². The fourth-order valence-electron chi connectivity index (χ4n) is 2.23. The minimum absolute atomic E-state index is 0. The molecule has 0 aliphatic rings. The number of nitrogens with zero attached hydrogens (tertiary/aromatic N) is 3. The van der Waals surface area contributed by atoms with Gasteiger partial charge in [0.15, 0.2) is 0 Å². The van der Waals surface area contributed by atoms with Gasteiger partial charge in [-0.2, -0.15) is 0 Å². The van der Waals surface area contributed by atoms with Crippen LogP contribution >= 0.6 is 7.60 Å². The molecule has 0 aromatic carbocycles. The van der Waals surface area contributed by atoms with Gasteiger partial charge in [-0.05, 0) is 0 Å². The van der Waals surface area contributed by atoms with Crippen molar-refractivity contribution in [1.29, 1.82) is 0 Å². The van der Waals surface area contributed by atoms with Crippen LogP contribution in [0.25, 0.3) is 0 Å². The molecule has 0 saturated carbocycles. The second kappa shape index (κ2) is 23.6. The van der Waals surface area contributed by atoms with Crippen molar-refractivity contribution in [2.75, 3.05) is 58.6 Å². The van der Waals surface area contributed by atoms with E-state index in [-0.39, 0.29) is 155 Å². The molecule has 1 N–H and O–H groups in total. The SMILES string of the molecule is O=C([O-])CN(CCN(CCN(CC(=O)[O-])CC(=O)[O-])CP(=O)([O-])O)CC(=O)[O-].[Gd+3].[Na+].[Na+].[Na+]. The molecule has 19 heteroatoms. The van der Waals surface area contributed by atoms with Crippen LogP contribution in [-0.2, 0) is 23.7 Å². The van der Waals surface area contributed by atoms with E-state index in [1.807, 2.05) is 0 Å². The molecule has 0 aliphatic heterocycles. The molecule has 32 heavy (non-hydrogen) atoms. The summed E-state index contributed by atoms with van der Waals surface area (Å²) in [7, 11) is -4.83. The van der Waals surface area contributed by atoms with Gasteiger partial charge in [0.1, 0.15) is 7.60 Å². The van der Waals surface area contributed by atoms with E-state index in [1.54, 1.807) is 0 Å². The molecule has 0 aromatic heterocycles. The molecule has 14 nitrogen and oxygen atoms in total. The predicted molar refractivity (Wildman–Crippen MR) is 79.2 cm³/mol. The van der Waals surface area contributed by atoms with E-state index in [0.717, 1.165) is 14.7 Å². The van der Waals surface area contributed by atoms with E-state index in [1.165, 1.54) is 0 Å². The van der Waals surface area contributed by atoms with Crippen LogP contribution in [0.3, 0.4) is 0 Å². The first kappa shape index (κ1) is 44.2. The standard InChI is InChI=1S/C13H24N3O11P.Gd.3Na/c17-10(18)5-15(6-11(19)20)3-1-14(9-28(25,26)27)2-4-16(7-12(21)22)8-13(23)24;;;;/h1-9H2,(H,17,18)(H,19,20)(H,21,22)(H,23,24)(H2,25,26,27);;;;/q;+3;3*+1/p-5. The summed E-state index contributed by atoms with van der Waals surface area (Å²) >= 11 is 0. The number of hydrogen-bond acceptors (Lipinski definition) is 13. The summed E-state index contributed by atoms with van der Waals surface area (Å²) in [6, 6.07) is 0. The van der Waals surface area contributed by atoms with Crippen LogP contribution in [0.5, 0.6) is 0 Å². The maximum absolute atomic E-state index is 11.1. The first-order valence-electron chi connectivity index (χ1n) is 7.77. The molecule has 1 atom stereocenters. The largest absolute Gasteiger partial charge is 3.00 e. The zero-order valence-corrected chi connectivity index (χ0v) is 27.2. The molecular formula is C13H19GdN3Na3O11P+. The second-order valence-corrected chi connectivity index (χ2v) is 7.36. The van der Waals surface area contributed by atoms with Gasteiger partial charge in [0.2, 0.25) is 0 Å². The van der Waals surface area contributed by atoms with E-state index >= 15 is 0 Å². The number of carboxylic acids is 4. The van der Waals surface area contributed by atoms with Gasteiger partial charge >= 0.3 is 129 Å². The molecule has 0 bridgehead atoms. The Morgan fingerprint density at radius 1 is 0.625 bits per heavy atom. The van der Waals surface area contributed by atoms with Crippen LogP contribution in [0.1, 0.15) is 0 Å². The molecule has 0 aliphatic carbocycles. The third-order valence-corrected chi connectivity index (χ3v) is 4.01. The number of carboxylic acid groups (broad SMARTS) is 4. The fraction of sp³-hybridized carbons (Fsp3) is 0.692. The summed E-state index contributed by atoms with van der Waals surface area (Å²) < 4.78 is 11.1.